The largest absolute Gasteiger partial charge is 0.481 e. The maximum atomic E-state index is 12.9. The molecule has 1 saturated carbocycles. The average Bonchev–Trinajstić information content (AvgIpc) is 2.84. The first kappa shape index (κ1) is 26.9. The second-order valence-corrected chi connectivity index (χ2v) is 11.3. The van der Waals surface area contributed by atoms with E-state index in [1.54, 1.807) is 12.1 Å². The van der Waals surface area contributed by atoms with Crippen LogP contribution in [0.25, 0.3) is 10.8 Å². The van der Waals surface area contributed by atoms with Crippen LogP contribution in [0.5, 0.6) is 0 Å². The van der Waals surface area contributed by atoms with Crippen molar-refractivity contribution in [1.29, 1.82) is 0 Å². The third kappa shape index (κ3) is 7.41. The Bertz CT molecular complexity index is 1130. The number of aliphatic carboxylic acids is 1. The molecule has 0 heterocycles. The molecule has 0 atom stereocenters. The van der Waals surface area contributed by atoms with E-state index in [4.69, 9.17) is 5.11 Å². The van der Waals surface area contributed by atoms with Gasteiger partial charge in [-0.2, -0.15) is 0 Å². The van der Waals surface area contributed by atoms with Crippen molar-refractivity contribution in [2.45, 2.75) is 56.3 Å². The second-order valence-electron chi connectivity index (χ2n) is 9.59. The van der Waals surface area contributed by atoms with Gasteiger partial charge in [-0.25, -0.2) is 13.1 Å². The van der Waals surface area contributed by atoms with Crippen molar-refractivity contribution in [3.8, 4) is 0 Å². The predicted molar refractivity (Wildman–Crippen MR) is 138 cm³/mol. The summed E-state index contributed by atoms with van der Waals surface area (Å²) in [6.45, 7) is 0.923. The van der Waals surface area contributed by atoms with Crippen molar-refractivity contribution in [2.75, 3.05) is 32.1 Å². The van der Waals surface area contributed by atoms with E-state index in [9.17, 15) is 18.0 Å². The Morgan fingerprint density at radius 1 is 0.971 bits per heavy atom. The zero-order valence-electron chi connectivity index (χ0n) is 20.6. The van der Waals surface area contributed by atoms with E-state index in [-0.39, 0.29) is 16.7 Å². The molecule has 9 heteroatoms. The van der Waals surface area contributed by atoms with Gasteiger partial charge in [0.1, 0.15) is 0 Å². The summed E-state index contributed by atoms with van der Waals surface area (Å²) in [6.07, 6.45) is 5.55. The van der Waals surface area contributed by atoms with Crippen molar-refractivity contribution in [1.82, 2.24) is 10.0 Å². The molecule has 1 aliphatic rings. The van der Waals surface area contributed by atoms with Gasteiger partial charge in [0.15, 0.2) is 0 Å². The van der Waals surface area contributed by atoms with E-state index < -0.39 is 16.0 Å². The zero-order chi connectivity index (χ0) is 25.4. The molecule has 1 aliphatic carbocycles. The molecule has 0 bridgehead atoms. The molecule has 0 saturated heterocycles. The van der Waals surface area contributed by atoms with Gasteiger partial charge in [-0.1, -0.05) is 30.7 Å². The van der Waals surface area contributed by atoms with E-state index in [1.165, 1.54) is 0 Å². The lowest BCUT2D eigenvalue weighted by Gasteiger charge is -2.26. The molecular formula is C26H37N3O5S. The van der Waals surface area contributed by atoms with Crippen LogP contribution in [-0.2, 0) is 19.6 Å². The third-order valence-electron chi connectivity index (χ3n) is 6.79. The second kappa shape index (κ2) is 12.4. The Morgan fingerprint density at radius 3 is 2.34 bits per heavy atom. The van der Waals surface area contributed by atoms with Crippen molar-refractivity contribution in [3.05, 3.63) is 36.4 Å². The molecule has 192 valence electrons. The van der Waals surface area contributed by atoms with Gasteiger partial charge in [-0.15, -0.1) is 0 Å². The number of carboxylic acids is 1. The van der Waals surface area contributed by atoms with Crippen molar-refractivity contribution >= 4 is 38.4 Å². The molecule has 2 aromatic carbocycles. The molecule has 0 spiro atoms. The number of nitrogens with one attached hydrogen (secondary N) is 2. The summed E-state index contributed by atoms with van der Waals surface area (Å²) in [7, 11) is 0.215. The highest BCUT2D eigenvalue weighted by Crippen LogP contribution is 2.30. The topological polar surface area (TPSA) is 116 Å². The van der Waals surface area contributed by atoms with Gasteiger partial charge in [-0.05, 0) is 56.6 Å². The number of carboxylic acid groups (broad SMARTS) is 1. The van der Waals surface area contributed by atoms with Crippen LogP contribution in [0.1, 0.15) is 51.4 Å². The van der Waals surface area contributed by atoms with Crippen LogP contribution in [0.15, 0.2) is 41.3 Å². The number of sulfonamides is 1. The first-order valence-corrected chi connectivity index (χ1v) is 13.9. The van der Waals surface area contributed by atoms with E-state index in [1.807, 2.05) is 43.3 Å². The van der Waals surface area contributed by atoms with Crippen LogP contribution in [0.2, 0.25) is 0 Å². The lowest BCUT2D eigenvalue weighted by Crippen LogP contribution is -2.32. The minimum absolute atomic E-state index is 0.00149. The predicted octanol–water partition coefficient (Wildman–Crippen LogP) is 3.75. The molecule has 0 unspecified atom stereocenters. The number of fused-ring (bicyclic) bond motifs is 1. The normalized spacial score (nSPS) is 18.3. The summed E-state index contributed by atoms with van der Waals surface area (Å²) in [5, 5.41) is 13.6. The van der Waals surface area contributed by atoms with Crippen molar-refractivity contribution in [3.63, 3.8) is 0 Å². The van der Waals surface area contributed by atoms with E-state index in [0.717, 1.165) is 30.3 Å². The third-order valence-corrected chi connectivity index (χ3v) is 8.31. The number of hydrogen-bond acceptors (Lipinski definition) is 5. The minimum atomic E-state index is -3.65. The maximum Gasteiger partial charge on any atom is 0.306 e. The van der Waals surface area contributed by atoms with Crippen LogP contribution in [-0.4, -0.2) is 52.6 Å². The summed E-state index contributed by atoms with van der Waals surface area (Å²) in [4.78, 5) is 25.4. The summed E-state index contributed by atoms with van der Waals surface area (Å²) < 4.78 is 28.6. The first-order chi connectivity index (χ1) is 16.7. The van der Waals surface area contributed by atoms with Gasteiger partial charge < -0.3 is 15.3 Å². The number of benzene rings is 2. The Hall–Kier alpha value is -2.65. The van der Waals surface area contributed by atoms with E-state index >= 15 is 0 Å². The number of anilines is 1. The van der Waals surface area contributed by atoms with Crippen molar-refractivity contribution in [2.24, 2.45) is 11.8 Å². The standard InChI is InChI=1S/C26H37N3O5S/c1-29(2)23-10-6-9-22-21(23)8-7-11-24(22)35(33,34)28-17-5-3-4-12-25(30)27-18-19-13-15-20(16-14-19)26(31)32/h6-11,19-20,28H,3-5,12-18H2,1-2H3,(H,27,30)(H,31,32). The molecule has 3 N–H and O–H groups in total. The van der Waals surface area contributed by atoms with E-state index in [2.05, 4.69) is 10.0 Å². The SMILES string of the molecule is CN(C)c1cccc2c(S(=O)(=O)NCCCCCC(=O)NCC3CCC(C(=O)O)CC3)cccc12. The molecule has 2 aromatic rings. The number of carbonyl (C=O) groups is 2. The Labute approximate surface area is 208 Å². The number of rotatable bonds is 12. The smallest absolute Gasteiger partial charge is 0.306 e. The number of unbranched alkanes of at least 4 members (excludes halogenated alkanes) is 2. The molecule has 0 aliphatic heterocycles. The highest BCUT2D eigenvalue weighted by Gasteiger charge is 2.26. The highest BCUT2D eigenvalue weighted by molar-refractivity contribution is 7.89. The monoisotopic (exact) mass is 503 g/mol. The fraction of sp³-hybridized carbons (Fsp3) is 0.538. The molecule has 0 radical (unpaired) electrons. The van der Waals surface area contributed by atoms with Gasteiger partial charge in [0.25, 0.3) is 0 Å². The summed E-state index contributed by atoms with van der Waals surface area (Å²) >= 11 is 0. The molecule has 3 rings (SSSR count). The maximum absolute atomic E-state index is 12.9. The summed E-state index contributed by atoms with van der Waals surface area (Å²) in [5.74, 6) is -0.605. The zero-order valence-corrected chi connectivity index (χ0v) is 21.4. The number of nitrogens with zero attached hydrogens (tertiary/aromatic N) is 1. The highest BCUT2D eigenvalue weighted by atomic mass is 32.2. The molecule has 1 fully saturated rings. The van der Waals surface area contributed by atoms with Crippen LogP contribution < -0.4 is 14.9 Å². The molecule has 1 amide bonds. The van der Waals surface area contributed by atoms with Crippen LogP contribution >= 0.6 is 0 Å². The Morgan fingerprint density at radius 2 is 1.66 bits per heavy atom. The van der Waals surface area contributed by atoms with E-state index in [0.29, 0.717) is 56.5 Å². The number of amides is 1. The summed E-state index contributed by atoms with van der Waals surface area (Å²) in [5.41, 5.74) is 0.964. The number of hydrogen-bond donors (Lipinski definition) is 3. The van der Waals surface area contributed by atoms with Gasteiger partial charge in [0, 0.05) is 50.1 Å². The molecule has 8 nitrogen and oxygen atoms in total. The minimum Gasteiger partial charge on any atom is -0.481 e. The average molecular weight is 504 g/mol. The lowest BCUT2D eigenvalue weighted by molar-refractivity contribution is -0.143. The molecular weight excluding hydrogens is 466 g/mol. The Kier molecular flexibility index (Phi) is 9.51. The number of carbonyl (C=O) groups excluding carboxylic acids is 1. The molecule has 0 aromatic heterocycles. The summed E-state index contributed by atoms with van der Waals surface area (Å²) in [6, 6.07) is 11.0. The van der Waals surface area contributed by atoms with Gasteiger partial charge in [0.05, 0.1) is 10.8 Å². The fourth-order valence-corrected chi connectivity index (χ4v) is 6.01. The van der Waals surface area contributed by atoms with Gasteiger partial charge in [0.2, 0.25) is 15.9 Å². The lowest BCUT2D eigenvalue weighted by atomic mass is 9.82. The quantitative estimate of drug-likeness (QED) is 0.380. The first-order valence-electron chi connectivity index (χ1n) is 12.4. The van der Waals surface area contributed by atoms with Gasteiger partial charge in [-0.3, -0.25) is 9.59 Å². The fourth-order valence-electron chi connectivity index (χ4n) is 4.72. The Balaban J connectivity index is 1.38. The van der Waals surface area contributed by atoms with Gasteiger partial charge >= 0.3 is 5.97 Å². The molecule has 35 heavy (non-hydrogen) atoms. The van der Waals surface area contributed by atoms with Crippen LogP contribution in [0, 0.1) is 11.8 Å². The van der Waals surface area contributed by atoms with Crippen LogP contribution in [0.3, 0.4) is 0 Å². The van der Waals surface area contributed by atoms with Crippen LogP contribution in [0.4, 0.5) is 5.69 Å². The van der Waals surface area contributed by atoms with Crippen molar-refractivity contribution < 1.29 is 23.1 Å².